The van der Waals surface area contributed by atoms with Crippen molar-refractivity contribution in [2.45, 2.75) is 6.42 Å². The lowest BCUT2D eigenvalue weighted by Crippen LogP contribution is -2.31. The number of benzene rings is 1. The van der Waals surface area contributed by atoms with Gasteiger partial charge in [0.1, 0.15) is 5.65 Å². The van der Waals surface area contributed by atoms with Gasteiger partial charge in [0.05, 0.1) is 24.4 Å². The highest BCUT2D eigenvalue weighted by Gasteiger charge is 2.18. The van der Waals surface area contributed by atoms with Gasteiger partial charge in [-0.05, 0) is 24.3 Å². The van der Waals surface area contributed by atoms with Crippen molar-refractivity contribution < 1.29 is 9.90 Å². The second-order valence-corrected chi connectivity index (χ2v) is 5.99. The predicted molar refractivity (Wildman–Crippen MR) is 94.1 cm³/mol. The average Bonchev–Trinajstić information content (AvgIpc) is 2.94. The molecule has 0 bridgehead atoms. The van der Waals surface area contributed by atoms with Gasteiger partial charge in [0.15, 0.2) is 0 Å². The van der Waals surface area contributed by atoms with Crippen molar-refractivity contribution in [3.8, 4) is 11.3 Å². The first-order chi connectivity index (χ1) is 11.6. The highest BCUT2D eigenvalue weighted by molar-refractivity contribution is 6.30. The number of fused-ring (bicyclic) bond motifs is 1. The molecule has 0 unspecified atom stereocenters. The summed E-state index contributed by atoms with van der Waals surface area (Å²) in [6.07, 6.45) is 2.11. The van der Waals surface area contributed by atoms with Gasteiger partial charge in [-0.15, -0.1) is 0 Å². The minimum atomic E-state index is -0.0649. The first kappa shape index (κ1) is 16.5. The van der Waals surface area contributed by atoms with Crippen LogP contribution in [0, 0.1) is 0 Å². The molecule has 24 heavy (non-hydrogen) atoms. The summed E-state index contributed by atoms with van der Waals surface area (Å²) in [4.78, 5) is 18.6. The molecular formula is C18H18ClN3O2. The Balaban J connectivity index is 2.05. The van der Waals surface area contributed by atoms with Crippen molar-refractivity contribution >= 4 is 23.2 Å². The Bertz CT molecular complexity index is 858. The van der Waals surface area contributed by atoms with Gasteiger partial charge in [0, 0.05) is 30.4 Å². The van der Waals surface area contributed by atoms with Crippen LogP contribution in [0.3, 0.4) is 0 Å². The number of imidazole rings is 1. The molecule has 3 aromatic rings. The third kappa shape index (κ3) is 3.27. The van der Waals surface area contributed by atoms with Gasteiger partial charge in [-0.2, -0.15) is 0 Å². The fourth-order valence-corrected chi connectivity index (χ4v) is 2.73. The summed E-state index contributed by atoms with van der Waals surface area (Å²) in [7, 11) is 1.68. The minimum absolute atomic E-state index is 0.0561. The molecule has 0 radical (unpaired) electrons. The number of likely N-dealkylation sites (N-methyl/N-ethyl adjacent to an activating group) is 1. The number of carbonyl (C=O) groups excluding carboxylic acids is 1. The fraction of sp³-hybridized carbons (Fsp3) is 0.222. The van der Waals surface area contributed by atoms with Gasteiger partial charge in [-0.3, -0.25) is 4.79 Å². The summed E-state index contributed by atoms with van der Waals surface area (Å²) < 4.78 is 1.93. The Hall–Kier alpha value is -2.37. The summed E-state index contributed by atoms with van der Waals surface area (Å²) in [5, 5.41) is 9.67. The SMILES string of the molecule is CN(CCO)C(=O)Cc1c(-c2ccc(Cl)cc2)nc2ccccn12. The molecule has 0 spiro atoms. The number of halogens is 1. The van der Waals surface area contributed by atoms with Gasteiger partial charge < -0.3 is 14.4 Å². The number of rotatable bonds is 5. The second kappa shape index (κ2) is 7.03. The smallest absolute Gasteiger partial charge is 0.228 e. The van der Waals surface area contributed by atoms with E-state index in [9.17, 15) is 4.79 Å². The molecule has 5 nitrogen and oxygen atoms in total. The maximum absolute atomic E-state index is 12.4. The number of nitrogens with zero attached hydrogens (tertiary/aromatic N) is 3. The molecule has 0 saturated carbocycles. The molecule has 0 aliphatic carbocycles. The van der Waals surface area contributed by atoms with E-state index in [4.69, 9.17) is 16.7 Å². The Labute approximate surface area is 145 Å². The number of pyridine rings is 1. The van der Waals surface area contributed by atoms with Crippen LogP contribution in [0.15, 0.2) is 48.7 Å². The maximum Gasteiger partial charge on any atom is 0.228 e. The zero-order valence-corrected chi connectivity index (χ0v) is 14.1. The summed E-state index contributed by atoms with van der Waals surface area (Å²) in [6, 6.07) is 13.1. The highest BCUT2D eigenvalue weighted by Crippen LogP contribution is 2.26. The first-order valence-corrected chi connectivity index (χ1v) is 8.04. The Morgan fingerprint density at radius 2 is 2.00 bits per heavy atom. The van der Waals surface area contributed by atoms with Crippen molar-refractivity contribution in [1.82, 2.24) is 14.3 Å². The van der Waals surface area contributed by atoms with E-state index in [2.05, 4.69) is 4.98 Å². The lowest BCUT2D eigenvalue weighted by molar-refractivity contribution is -0.129. The normalized spacial score (nSPS) is 11.0. The molecule has 0 aliphatic heterocycles. The molecule has 124 valence electrons. The number of aliphatic hydroxyl groups is 1. The van der Waals surface area contributed by atoms with E-state index in [-0.39, 0.29) is 18.9 Å². The Kier molecular flexibility index (Phi) is 4.83. The fourth-order valence-electron chi connectivity index (χ4n) is 2.61. The third-order valence-electron chi connectivity index (χ3n) is 3.93. The van der Waals surface area contributed by atoms with Crippen molar-refractivity contribution in [1.29, 1.82) is 0 Å². The molecule has 3 rings (SSSR count). The van der Waals surface area contributed by atoms with Crippen LogP contribution in [-0.2, 0) is 11.2 Å². The lowest BCUT2D eigenvalue weighted by atomic mass is 10.1. The number of carbonyl (C=O) groups is 1. The minimum Gasteiger partial charge on any atom is -0.395 e. The Morgan fingerprint density at radius 3 is 2.71 bits per heavy atom. The van der Waals surface area contributed by atoms with Crippen LogP contribution in [0.1, 0.15) is 5.69 Å². The molecule has 1 N–H and O–H groups in total. The van der Waals surface area contributed by atoms with E-state index in [1.807, 2.05) is 53.1 Å². The van der Waals surface area contributed by atoms with Crippen LogP contribution in [-0.4, -0.2) is 45.5 Å². The van der Waals surface area contributed by atoms with Crippen LogP contribution in [0.2, 0.25) is 5.02 Å². The molecule has 0 fully saturated rings. The first-order valence-electron chi connectivity index (χ1n) is 7.67. The molecule has 1 aromatic carbocycles. The molecule has 1 amide bonds. The summed E-state index contributed by atoms with van der Waals surface area (Å²) in [5.74, 6) is -0.0649. The van der Waals surface area contributed by atoms with Gasteiger partial charge in [-0.1, -0.05) is 29.8 Å². The highest BCUT2D eigenvalue weighted by atomic mass is 35.5. The zero-order chi connectivity index (χ0) is 17.1. The number of hydrogen-bond donors (Lipinski definition) is 1. The van der Waals surface area contributed by atoms with Gasteiger partial charge in [-0.25, -0.2) is 4.98 Å². The number of aliphatic hydroxyl groups excluding tert-OH is 1. The molecule has 0 atom stereocenters. The number of amides is 1. The topological polar surface area (TPSA) is 57.8 Å². The average molecular weight is 344 g/mol. The van der Waals surface area contributed by atoms with Crippen LogP contribution in [0.4, 0.5) is 0 Å². The lowest BCUT2D eigenvalue weighted by Gasteiger charge is -2.16. The molecular weight excluding hydrogens is 326 g/mol. The summed E-state index contributed by atoms with van der Waals surface area (Å²) in [5.41, 5.74) is 3.29. The third-order valence-corrected chi connectivity index (χ3v) is 4.18. The molecule has 2 aromatic heterocycles. The van der Waals surface area contributed by atoms with Crippen molar-refractivity contribution in [3.63, 3.8) is 0 Å². The molecule has 2 heterocycles. The second-order valence-electron chi connectivity index (χ2n) is 5.56. The molecule has 0 aliphatic rings. The van der Waals surface area contributed by atoms with E-state index in [1.165, 1.54) is 4.90 Å². The van der Waals surface area contributed by atoms with Crippen LogP contribution in [0.25, 0.3) is 16.9 Å². The monoisotopic (exact) mass is 343 g/mol. The predicted octanol–water partition coefficient (Wildman–Crippen LogP) is 2.65. The largest absolute Gasteiger partial charge is 0.395 e. The van der Waals surface area contributed by atoms with E-state index >= 15 is 0 Å². The van der Waals surface area contributed by atoms with Gasteiger partial charge in [0.2, 0.25) is 5.91 Å². The van der Waals surface area contributed by atoms with E-state index in [0.29, 0.717) is 11.6 Å². The number of hydrogen-bond acceptors (Lipinski definition) is 3. The van der Waals surface area contributed by atoms with Crippen LogP contribution >= 0.6 is 11.6 Å². The van der Waals surface area contributed by atoms with Gasteiger partial charge in [0.25, 0.3) is 0 Å². The van der Waals surface area contributed by atoms with E-state index < -0.39 is 0 Å². The Morgan fingerprint density at radius 1 is 1.25 bits per heavy atom. The van der Waals surface area contributed by atoms with Crippen molar-refractivity contribution in [2.24, 2.45) is 0 Å². The maximum atomic E-state index is 12.4. The molecule has 6 heteroatoms. The summed E-state index contributed by atoms with van der Waals surface area (Å²) >= 11 is 5.97. The van der Waals surface area contributed by atoms with E-state index in [0.717, 1.165) is 22.6 Å². The quantitative estimate of drug-likeness (QED) is 0.774. The van der Waals surface area contributed by atoms with Crippen molar-refractivity contribution in [2.75, 3.05) is 20.2 Å². The molecule has 0 saturated heterocycles. The summed E-state index contributed by atoms with van der Waals surface area (Å²) in [6.45, 7) is 0.255. The number of aromatic nitrogens is 2. The van der Waals surface area contributed by atoms with Crippen molar-refractivity contribution in [3.05, 3.63) is 59.4 Å². The van der Waals surface area contributed by atoms with Crippen LogP contribution < -0.4 is 0 Å². The van der Waals surface area contributed by atoms with E-state index in [1.54, 1.807) is 7.05 Å². The van der Waals surface area contributed by atoms with Gasteiger partial charge >= 0.3 is 0 Å². The standard InChI is InChI=1S/C18H18ClN3O2/c1-21(10-11-23)17(24)12-15-18(13-5-7-14(19)8-6-13)20-16-4-2-3-9-22(15)16/h2-9,23H,10-12H2,1H3. The zero-order valence-electron chi connectivity index (χ0n) is 13.3. The van der Waals surface area contributed by atoms with Crippen LogP contribution in [0.5, 0.6) is 0 Å².